The predicted octanol–water partition coefficient (Wildman–Crippen LogP) is 9.86. The molecule has 5 nitrogen and oxygen atoms in total. The number of imidazole rings is 1. The molecule has 0 amide bonds. The van der Waals surface area contributed by atoms with Crippen LogP contribution in [-0.4, -0.2) is 24.6 Å². The molecule has 0 saturated carbocycles. The summed E-state index contributed by atoms with van der Waals surface area (Å²) in [6.45, 7) is 0. The molecule has 46 heavy (non-hydrogen) atoms. The smallest absolute Gasteiger partial charge is 0.149 e. The molecular weight excluding hydrogens is 564 g/mol. The second kappa shape index (κ2) is 11.6. The Bertz CT molecular complexity index is 2310. The van der Waals surface area contributed by atoms with Crippen molar-refractivity contribution in [2.75, 3.05) is 0 Å². The molecule has 0 aliphatic heterocycles. The molecule has 0 atom stereocenters. The zero-order valence-electron chi connectivity index (χ0n) is 24.8. The van der Waals surface area contributed by atoms with Gasteiger partial charge in [-0.15, -0.1) is 0 Å². The first-order valence-corrected chi connectivity index (χ1v) is 15.2. The molecule has 8 rings (SSSR count). The molecule has 1 N–H and O–H groups in total. The normalized spacial score (nSPS) is 11.1. The number of phenolic OH excluding ortho intramolecular Hbond substituents is 1. The van der Waals surface area contributed by atoms with E-state index in [4.69, 9.17) is 15.0 Å². The first-order chi connectivity index (χ1) is 22.7. The lowest BCUT2D eigenvalue weighted by Gasteiger charge is -2.12. The van der Waals surface area contributed by atoms with Crippen LogP contribution in [0.3, 0.4) is 0 Å². The van der Waals surface area contributed by atoms with Gasteiger partial charge in [0.05, 0.1) is 23.0 Å². The number of hydrogen-bond acceptors (Lipinski definition) is 4. The lowest BCUT2D eigenvalue weighted by atomic mass is 9.94. The molecule has 3 aromatic heterocycles. The highest BCUT2D eigenvalue weighted by Crippen LogP contribution is 2.39. The molecule has 0 bridgehead atoms. The van der Waals surface area contributed by atoms with Crippen molar-refractivity contribution in [3.05, 3.63) is 164 Å². The Balaban J connectivity index is 1.37. The fourth-order valence-corrected chi connectivity index (χ4v) is 6.01. The molecule has 0 aliphatic carbocycles. The van der Waals surface area contributed by atoms with E-state index in [1.807, 2.05) is 85.3 Å². The van der Waals surface area contributed by atoms with Crippen LogP contribution in [-0.2, 0) is 0 Å². The number of nitrogens with zero attached hydrogens (tertiary/aromatic N) is 4. The van der Waals surface area contributed by atoms with Gasteiger partial charge < -0.3 is 5.11 Å². The standard InChI is InChI=1S/C41H28N4O/c46-39-19-11-10-18-35(39)41-44-40-36(26-42-27-38(40)45(41)34-16-8-3-9-17-34)32-22-31(29-14-6-2-7-15-29)23-33(24-32)37-25-30(20-21-43-37)28-12-4-1-5-13-28/h1-27,46H. The summed E-state index contributed by atoms with van der Waals surface area (Å²) in [5, 5.41) is 10.9. The van der Waals surface area contributed by atoms with E-state index in [-0.39, 0.29) is 5.75 Å². The Morgan fingerprint density at radius 1 is 0.500 bits per heavy atom. The largest absolute Gasteiger partial charge is 0.507 e. The van der Waals surface area contributed by atoms with Crippen molar-refractivity contribution >= 4 is 11.0 Å². The molecule has 3 heterocycles. The number of pyridine rings is 2. The van der Waals surface area contributed by atoms with Crippen molar-refractivity contribution in [1.29, 1.82) is 0 Å². The van der Waals surface area contributed by atoms with Crippen molar-refractivity contribution in [2.45, 2.75) is 0 Å². The van der Waals surface area contributed by atoms with E-state index < -0.39 is 0 Å². The number of fused-ring (bicyclic) bond motifs is 1. The molecule has 5 aromatic carbocycles. The summed E-state index contributed by atoms with van der Waals surface area (Å²) < 4.78 is 2.06. The topological polar surface area (TPSA) is 63.8 Å². The van der Waals surface area contributed by atoms with Crippen LogP contribution in [0.1, 0.15) is 0 Å². The SMILES string of the molecule is Oc1ccccc1-c1nc2c(-c3cc(-c4ccccc4)cc(-c4cc(-c5ccccc5)ccn4)c3)cncc2n1-c1ccccc1. The first kappa shape index (κ1) is 27.2. The minimum absolute atomic E-state index is 0.169. The van der Waals surface area contributed by atoms with E-state index in [1.165, 1.54) is 0 Å². The fraction of sp³-hybridized carbons (Fsp3) is 0. The molecule has 0 aliphatic rings. The molecular formula is C41H28N4O. The van der Waals surface area contributed by atoms with E-state index in [1.54, 1.807) is 6.07 Å². The third-order valence-corrected chi connectivity index (χ3v) is 8.24. The van der Waals surface area contributed by atoms with Gasteiger partial charge in [-0.3, -0.25) is 14.5 Å². The third kappa shape index (κ3) is 5.00. The van der Waals surface area contributed by atoms with Gasteiger partial charge in [0.15, 0.2) is 0 Å². The van der Waals surface area contributed by atoms with Gasteiger partial charge in [-0.05, 0) is 82.4 Å². The number of hydrogen-bond donors (Lipinski definition) is 1. The average molecular weight is 593 g/mol. The van der Waals surface area contributed by atoms with Crippen LogP contribution in [0.5, 0.6) is 5.75 Å². The molecule has 5 heteroatoms. The third-order valence-electron chi connectivity index (χ3n) is 8.24. The van der Waals surface area contributed by atoms with E-state index in [9.17, 15) is 5.11 Å². The van der Waals surface area contributed by atoms with Crippen LogP contribution in [0.2, 0.25) is 0 Å². The highest BCUT2D eigenvalue weighted by molar-refractivity contribution is 5.96. The summed E-state index contributed by atoms with van der Waals surface area (Å²) in [5.74, 6) is 0.812. The Kier molecular flexibility index (Phi) is 6.89. The van der Waals surface area contributed by atoms with Crippen molar-refractivity contribution in [3.8, 4) is 67.5 Å². The number of rotatable bonds is 6. The van der Waals surface area contributed by atoms with Crippen molar-refractivity contribution in [2.24, 2.45) is 0 Å². The van der Waals surface area contributed by atoms with E-state index in [0.29, 0.717) is 11.4 Å². The van der Waals surface area contributed by atoms with Crippen LogP contribution in [0, 0.1) is 0 Å². The van der Waals surface area contributed by atoms with Gasteiger partial charge in [0.1, 0.15) is 17.1 Å². The minimum Gasteiger partial charge on any atom is -0.507 e. The van der Waals surface area contributed by atoms with Crippen LogP contribution < -0.4 is 0 Å². The van der Waals surface area contributed by atoms with Crippen LogP contribution in [0.15, 0.2) is 164 Å². The highest BCUT2D eigenvalue weighted by atomic mass is 16.3. The van der Waals surface area contributed by atoms with Gasteiger partial charge in [0.25, 0.3) is 0 Å². The summed E-state index contributed by atoms with van der Waals surface area (Å²) in [6, 6.07) is 48.8. The van der Waals surface area contributed by atoms with Crippen LogP contribution in [0.25, 0.3) is 72.7 Å². The van der Waals surface area contributed by atoms with E-state index in [2.05, 4.69) is 77.4 Å². The molecule has 8 aromatic rings. The number of para-hydroxylation sites is 2. The average Bonchev–Trinajstić information content (AvgIpc) is 3.52. The van der Waals surface area contributed by atoms with Gasteiger partial charge in [0.2, 0.25) is 0 Å². The Labute approximate surface area is 266 Å². The van der Waals surface area contributed by atoms with E-state index in [0.717, 1.165) is 61.4 Å². The predicted molar refractivity (Wildman–Crippen MR) is 186 cm³/mol. The summed E-state index contributed by atoms with van der Waals surface area (Å²) in [7, 11) is 0. The molecule has 0 unspecified atom stereocenters. The maximum absolute atomic E-state index is 10.9. The fourth-order valence-electron chi connectivity index (χ4n) is 6.01. The number of benzene rings is 5. The summed E-state index contributed by atoms with van der Waals surface area (Å²) in [6.07, 6.45) is 5.59. The lowest BCUT2D eigenvalue weighted by Crippen LogP contribution is -1.97. The molecule has 0 fully saturated rings. The van der Waals surface area contributed by atoms with Gasteiger partial charge in [0, 0.05) is 29.2 Å². The van der Waals surface area contributed by atoms with Crippen molar-refractivity contribution < 1.29 is 5.11 Å². The first-order valence-electron chi connectivity index (χ1n) is 15.2. The van der Waals surface area contributed by atoms with Crippen LogP contribution >= 0.6 is 0 Å². The Hall–Kier alpha value is -6.33. The second-order valence-electron chi connectivity index (χ2n) is 11.1. The van der Waals surface area contributed by atoms with Gasteiger partial charge in [-0.2, -0.15) is 0 Å². The summed E-state index contributed by atoms with van der Waals surface area (Å²) in [4.78, 5) is 14.7. The van der Waals surface area contributed by atoms with Crippen molar-refractivity contribution in [3.63, 3.8) is 0 Å². The van der Waals surface area contributed by atoms with Crippen molar-refractivity contribution in [1.82, 2.24) is 19.5 Å². The maximum atomic E-state index is 10.9. The summed E-state index contributed by atoms with van der Waals surface area (Å²) >= 11 is 0. The molecule has 0 spiro atoms. The molecule has 218 valence electrons. The highest BCUT2D eigenvalue weighted by Gasteiger charge is 2.20. The van der Waals surface area contributed by atoms with Gasteiger partial charge in [-0.1, -0.05) is 91.0 Å². The minimum atomic E-state index is 0.169. The zero-order valence-corrected chi connectivity index (χ0v) is 24.8. The Morgan fingerprint density at radius 3 is 1.87 bits per heavy atom. The monoisotopic (exact) mass is 592 g/mol. The number of aromatic nitrogens is 4. The van der Waals surface area contributed by atoms with Gasteiger partial charge >= 0.3 is 0 Å². The summed E-state index contributed by atoms with van der Waals surface area (Å²) in [5.41, 5.74) is 11.4. The zero-order chi connectivity index (χ0) is 30.9. The maximum Gasteiger partial charge on any atom is 0.149 e. The van der Waals surface area contributed by atoms with Gasteiger partial charge in [-0.25, -0.2) is 4.98 Å². The number of aromatic hydroxyl groups is 1. The lowest BCUT2D eigenvalue weighted by molar-refractivity contribution is 0.477. The van der Waals surface area contributed by atoms with E-state index >= 15 is 0 Å². The molecule has 0 saturated heterocycles. The Morgan fingerprint density at radius 2 is 1.13 bits per heavy atom. The van der Waals surface area contributed by atoms with Crippen LogP contribution in [0.4, 0.5) is 0 Å². The second-order valence-corrected chi connectivity index (χ2v) is 11.1. The number of phenols is 1. The quantitative estimate of drug-likeness (QED) is 0.209. The molecule has 0 radical (unpaired) electrons.